The minimum Gasteiger partial charge on any atom is -0.508 e. The number of carbonyl (C=O) groups is 1. The number of aromatic hydroxyl groups is 1. The molecule has 0 saturated heterocycles. The molecule has 1 aliphatic heterocycles. The summed E-state index contributed by atoms with van der Waals surface area (Å²) in [6, 6.07) is 5.25. The first kappa shape index (κ1) is 22.7. The number of phenols is 1. The van der Waals surface area contributed by atoms with E-state index in [9.17, 15) is 9.90 Å². The van der Waals surface area contributed by atoms with Crippen molar-refractivity contribution in [3.63, 3.8) is 0 Å². The summed E-state index contributed by atoms with van der Waals surface area (Å²) >= 11 is 0. The van der Waals surface area contributed by atoms with Crippen molar-refractivity contribution >= 4 is 11.6 Å². The van der Waals surface area contributed by atoms with Gasteiger partial charge in [-0.25, -0.2) is 0 Å². The van der Waals surface area contributed by atoms with Gasteiger partial charge in [0, 0.05) is 19.1 Å². The van der Waals surface area contributed by atoms with E-state index in [1.165, 1.54) is 70.6 Å². The van der Waals surface area contributed by atoms with Crippen molar-refractivity contribution < 1.29 is 14.6 Å². The molecule has 0 atom stereocenters. The van der Waals surface area contributed by atoms with E-state index >= 15 is 0 Å². The Balaban J connectivity index is 1.48. The molecule has 28 heavy (non-hydrogen) atoms. The Kier molecular flexibility index (Phi) is 11.0. The number of benzene rings is 1. The molecule has 0 aromatic heterocycles. The van der Waals surface area contributed by atoms with Crippen LogP contribution in [0.1, 0.15) is 96.0 Å². The number of amides is 1. The number of rotatable bonds is 15. The third kappa shape index (κ3) is 8.22. The molecule has 0 aliphatic carbocycles. The highest BCUT2D eigenvalue weighted by Crippen LogP contribution is 2.30. The number of fused-ring (bicyclic) bond motifs is 1. The van der Waals surface area contributed by atoms with Gasteiger partial charge in [0.25, 0.3) is 0 Å². The summed E-state index contributed by atoms with van der Waals surface area (Å²) in [5, 5.41) is 9.71. The van der Waals surface area contributed by atoms with Gasteiger partial charge < -0.3 is 9.84 Å². The van der Waals surface area contributed by atoms with Gasteiger partial charge in [-0.05, 0) is 24.5 Å². The Bertz CT molecular complexity index is 573. The quantitative estimate of drug-likeness (QED) is 0.356. The summed E-state index contributed by atoms with van der Waals surface area (Å²) in [6.45, 7) is 3.24. The van der Waals surface area contributed by atoms with Crippen LogP contribution >= 0.6 is 0 Å². The topological polar surface area (TPSA) is 49.8 Å². The molecule has 1 N–H and O–H groups in total. The number of hydrogen-bond donors (Lipinski definition) is 1. The smallest absolute Gasteiger partial charge is 0.229 e. The van der Waals surface area contributed by atoms with E-state index in [1.54, 1.807) is 17.0 Å². The molecule has 1 aromatic carbocycles. The van der Waals surface area contributed by atoms with Crippen molar-refractivity contribution in [2.24, 2.45) is 0 Å². The number of anilines is 1. The van der Waals surface area contributed by atoms with Crippen molar-refractivity contribution in [1.82, 2.24) is 0 Å². The second-order valence-corrected chi connectivity index (χ2v) is 8.06. The van der Waals surface area contributed by atoms with E-state index in [-0.39, 0.29) is 18.4 Å². The standard InChI is InChI=1S/C24H39NO3/c1-2-3-4-5-6-7-8-9-10-11-12-13-18-28-20-25-23-19-22(26)16-14-21(23)15-17-24(25)27/h14,16,19,26H,2-13,15,17-18,20H2,1H3. The lowest BCUT2D eigenvalue weighted by molar-refractivity contribution is -0.120. The van der Waals surface area contributed by atoms with Crippen molar-refractivity contribution in [1.29, 1.82) is 0 Å². The average Bonchev–Trinajstić information content (AvgIpc) is 2.69. The third-order valence-electron chi connectivity index (χ3n) is 5.63. The molecule has 4 heteroatoms. The predicted octanol–water partition coefficient (Wildman–Crippen LogP) is 6.35. The van der Waals surface area contributed by atoms with Crippen LogP contribution in [0.3, 0.4) is 0 Å². The van der Waals surface area contributed by atoms with E-state index in [0.717, 1.165) is 24.1 Å². The Labute approximate surface area is 171 Å². The van der Waals surface area contributed by atoms with E-state index < -0.39 is 0 Å². The SMILES string of the molecule is CCCCCCCCCCCCCCOCN1C(=O)CCc2ccc(O)cc21. The van der Waals surface area contributed by atoms with Crippen LogP contribution in [0.15, 0.2) is 18.2 Å². The van der Waals surface area contributed by atoms with Crippen LogP contribution in [-0.2, 0) is 16.0 Å². The Morgan fingerprint density at radius 3 is 2.14 bits per heavy atom. The van der Waals surface area contributed by atoms with Crippen LogP contribution in [-0.4, -0.2) is 24.4 Å². The van der Waals surface area contributed by atoms with Gasteiger partial charge in [0.2, 0.25) is 5.91 Å². The van der Waals surface area contributed by atoms with Gasteiger partial charge in [-0.1, -0.05) is 83.6 Å². The zero-order valence-electron chi connectivity index (χ0n) is 17.8. The highest BCUT2D eigenvalue weighted by Gasteiger charge is 2.24. The zero-order chi connectivity index (χ0) is 20.0. The average molecular weight is 390 g/mol. The summed E-state index contributed by atoms with van der Waals surface area (Å²) in [6.07, 6.45) is 17.2. The van der Waals surface area contributed by atoms with Crippen LogP contribution in [0.25, 0.3) is 0 Å². The van der Waals surface area contributed by atoms with Gasteiger partial charge in [0.05, 0.1) is 5.69 Å². The highest BCUT2D eigenvalue weighted by atomic mass is 16.5. The van der Waals surface area contributed by atoms with Gasteiger partial charge in [0.1, 0.15) is 12.5 Å². The Morgan fingerprint density at radius 1 is 0.893 bits per heavy atom. The molecule has 0 unspecified atom stereocenters. The molecule has 1 aliphatic rings. The normalized spacial score (nSPS) is 13.8. The van der Waals surface area contributed by atoms with E-state index in [4.69, 9.17) is 4.74 Å². The van der Waals surface area contributed by atoms with E-state index in [0.29, 0.717) is 13.0 Å². The zero-order valence-corrected chi connectivity index (χ0v) is 17.8. The fraction of sp³-hybridized carbons (Fsp3) is 0.708. The summed E-state index contributed by atoms with van der Waals surface area (Å²) in [5.41, 5.74) is 1.90. The molecular weight excluding hydrogens is 350 g/mol. The lowest BCUT2D eigenvalue weighted by atomic mass is 10.0. The van der Waals surface area contributed by atoms with Gasteiger partial charge in [-0.3, -0.25) is 9.69 Å². The first-order valence-corrected chi connectivity index (χ1v) is 11.4. The van der Waals surface area contributed by atoms with Crippen LogP contribution in [0.5, 0.6) is 5.75 Å². The fourth-order valence-corrected chi connectivity index (χ4v) is 3.87. The largest absolute Gasteiger partial charge is 0.508 e. The van der Waals surface area contributed by atoms with Crippen LogP contribution in [0, 0.1) is 0 Å². The van der Waals surface area contributed by atoms with Crippen molar-refractivity contribution in [3.8, 4) is 5.75 Å². The lowest BCUT2D eigenvalue weighted by Gasteiger charge is -2.29. The summed E-state index contributed by atoms with van der Waals surface area (Å²) < 4.78 is 5.76. The maximum Gasteiger partial charge on any atom is 0.229 e. The van der Waals surface area contributed by atoms with Gasteiger partial charge in [-0.15, -0.1) is 0 Å². The van der Waals surface area contributed by atoms with Gasteiger partial charge in [0.15, 0.2) is 0 Å². The molecule has 0 fully saturated rings. The summed E-state index contributed by atoms with van der Waals surface area (Å²) in [5.74, 6) is 0.271. The van der Waals surface area contributed by atoms with Crippen molar-refractivity contribution in [3.05, 3.63) is 23.8 Å². The molecule has 0 spiro atoms. The van der Waals surface area contributed by atoms with Crippen LogP contribution in [0.4, 0.5) is 5.69 Å². The Hall–Kier alpha value is -1.55. The number of hydrogen-bond acceptors (Lipinski definition) is 3. The van der Waals surface area contributed by atoms with Crippen LogP contribution in [0.2, 0.25) is 0 Å². The second-order valence-electron chi connectivity index (χ2n) is 8.06. The van der Waals surface area contributed by atoms with Crippen molar-refractivity contribution in [2.45, 2.75) is 96.8 Å². The molecule has 158 valence electrons. The van der Waals surface area contributed by atoms with E-state index in [2.05, 4.69) is 6.92 Å². The number of phenolic OH excluding ortho intramolecular Hbond substituents is 1. The molecular formula is C24H39NO3. The molecule has 1 amide bonds. The van der Waals surface area contributed by atoms with Crippen molar-refractivity contribution in [2.75, 3.05) is 18.2 Å². The third-order valence-corrected chi connectivity index (χ3v) is 5.63. The molecule has 0 saturated carbocycles. The second kappa shape index (κ2) is 13.6. The van der Waals surface area contributed by atoms with E-state index in [1.807, 2.05) is 6.07 Å². The highest BCUT2D eigenvalue weighted by molar-refractivity contribution is 5.96. The minimum absolute atomic E-state index is 0.0767. The molecule has 0 radical (unpaired) electrons. The molecule has 0 bridgehead atoms. The molecule has 2 rings (SSSR count). The maximum atomic E-state index is 12.2. The lowest BCUT2D eigenvalue weighted by Crippen LogP contribution is -2.37. The maximum absolute atomic E-state index is 12.2. The first-order chi connectivity index (χ1) is 13.7. The monoisotopic (exact) mass is 389 g/mol. The Morgan fingerprint density at radius 2 is 1.50 bits per heavy atom. The summed E-state index contributed by atoms with van der Waals surface area (Å²) in [7, 11) is 0. The number of aryl methyl sites for hydroxylation is 1. The number of carbonyl (C=O) groups excluding carboxylic acids is 1. The molecule has 4 nitrogen and oxygen atoms in total. The van der Waals surface area contributed by atoms with Gasteiger partial charge >= 0.3 is 0 Å². The predicted molar refractivity (Wildman–Crippen MR) is 116 cm³/mol. The van der Waals surface area contributed by atoms with Crippen LogP contribution < -0.4 is 4.90 Å². The number of ether oxygens (including phenoxy) is 1. The fourth-order valence-electron chi connectivity index (χ4n) is 3.87. The number of nitrogens with zero attached hydrogens (tertiary/aromatic N) is 1. The molecule has 1 heterocycles. The first-order valence-electron chi connectivity index (χ1n) is 11.4. The summed E-state index contributed by atoms with van der Waals surface area (Å²) in [4.78, 5) is 13.9. The minimum atomic E-state index is 0.0767. The number of unbranched alkanes of at least 4 members (excludes halogenated alkanes) is 11. The van der Waals surface area contributed by atoms with Gasteiger partial charge in [-0.2, -0.15) is 0 Å². The molecule has 1 aromatic rings.